The Morgan fingerprint density at radius 3 is 2.44 bits per heavy atom. The zero-order chi connectivity index (χ0) is 26.4. The quantitative estimate of drug-likeness (QED) is 0.273. The van der Waals surface area contributed by atoms with E-state index in [1.807, 2.05) is 44.5 Å². The topological polar surface area (TPSA) is 75.4 Å². The van der Waals surface area contributed by atoms with Gasteiger partial charge >= 0.3 is 11.9 Å². The number of aromatic nitrogens is 3. The van der Waals surface area contributed by atoms with Crippen LogP contribution in [-0.4, -0.2) is 40.0 Å². The van der Waals surface area contributed by atoms with E-state index in [4.69, 9.17) is 26.2 Å². The summed E-state index contributed by atoms with van der Waals surface area (Å²) >= 11 is 6.87. The second kappa shape index (κ2) is 9.92. The molecule has 2 fully saturated rings. The maximum Gasteiger partial charge on any atom is 0.354 e. The Morgan fingerprint density at radius 2 is 1.89 bits per heavy atom. The van der Waals surface area contributed by atoms with E-state index >= 15 is 0 Å². The highest BCUT2D eigenvalue weighted by Crippen LogP contribution is 2.73. The van der Waals surface area contributed by atoms with E-state index < -0.39 is 5.97 Å². The first-order chi connectivity index (χ1) is 17.2. The molecule has 0 aliphatic heterocycles. The minimum absolute atomic E-state index is 0.224. The second-order valence-electron chi connectivity index (χ2n) is 9.52. The average Bonchev–Trinajstić information content (AvgIpc) is 3.68. The molecule has 2 aliphatic carbocycles. The highest BCUT2D eigenvalue weighted by molar-refractivity contribution is 6.35. The lowest BCUT2D eigenvalue weighted by molar-refractivity contribution is -0.141. The molecule has 1 aromatic carbocycles. The third-order valence-corrected chi connectivity index (χ3v) is 7.78. The minimum atomic E-state index is -0.399. The normalized spacial score (nSPS) is 19.4. The van der Waals surface area contributed by atoms with Gasteiger partial charge in [-0.25, -0.2) is 4.79 Å². The number of fused-ring (bicyclic) bond motifs is 2. The van der Waals surface area contributed by atoms with Crippen LogP contribution in [0.2, 0.25) is 5.02 Å². The van der Waals surface area contributed by atoms with Gasteiger partial charge in [-0.15, -0.1) is 0 Å². The third-order valence-electron chi connectivity index (χ3n) is 7.47. The van der Waals surface area contributed by atoms with E-state index in [0.29, 0.717) is 30.2 Å². The molecule has 8 heteroatoms. The monoisotopic (exact) mass is 513 g/mol. The number of ether oxygens (including phenoxy) is 2. The molecule has 0 unspecified atom stereocenters. The van der Waals surface area contributed by atoms with Crippen LogP contribution in [0, 0.1) is 12.8 Å². The van der Waals surface area contributed by atoms with Gasteiger partial charge in [-0.1, -0.05) is 38.4 Å². The summed E-state index contributed by atoms with van der Waals surface area (Å²) in [6.07, 6.45) is 4.44. The SMILES string of the molecule is CC.CCc1c(-c2c(Cl)ccc3c(CCCOC(C)=O)c(C(=O)OC)n(C)c23)c(C)nn1C12CC1C2. The molecule has 0 radical (unpaired) electrons. The minimum Gasteiger partial charge on any atom is -0.466 e. The van der Waals surface area contributed by atoms with Crippen molar-refractivity contribution in [3.63, 3.8) is 0 Å². The van der Waals surface area contributed by atoms with Crippen molar-refractivity contribution >= 4 is 34.4 Å². The van der Waals surface area contributed by atoms with Crippen molar-refractivity contribution < 1.29 is 19.1 Å². The first-order valence-electron chi connectivity index (χ1n) is 12.9. The van der Waals surface area contributed by atoms with Crippen molar-refractivity contribution in [2.45, 2.75) is 72.3 Å². The maximum atomic E-state index is 12.9. The van der Waals surface area contributed by atoms with E-state index in [-0.39, 0.29) is 11.5 Å². The van der Waals surface area contributed by atoms with Gasteiger partial charge in [0.2, 0.25) is 0 Å². The number of halogens is 1. The molecule has 2 aromatic heterocycles. The molecule has 0 saturated heterocycles. The fraction of sp³-hybridized carbons (Fsp3) is 0.536. The van der Waals surface area contributed by atoms with Gasteiger partial charge in [-0.2, -0.15) is 5.10 Å². The number of hydrogen-bond donors (Lipinski definition) is 0. The summed E-state index contributed by atoms with van der Waals surface area (Å²) in [6.45, 7) is 9.89. The van der Waals surface area contributed by atoms with Crippen LogP contribution in [0.1, 0.15) is 74.4 Å². The molecule has 3 aromatic rings. The van der Waals surface area contributed by atoms with Crippen LogP contribution in [0.25, 0.3) is 22.0 Å². The fourth-order valence-corrected chi connectivity index (χ4v) is 5.78. The molecule has 194 valence electrons. The van der Waals surface area contributed by atoms with Crippen molar-refractivity contribution in [1.29, 1.82) is 0 Å². The maximum absolute atomic E-state index is 12.9. The van der Waals surface area contributed by atoms with Crippen LogP contribution in [0.15, 0.2) is 12.1 Å². The van der Waals surface area contributed by atoms with Gasteiger partial charge in [0.1, 0.15) is 5.69 Å². The molecule has 0 amide bonds. The van der Waals surface area contributed by atoms with Gasteiger partial charge in [-0.05, 0) is 56.6 Å². The van der Waals surface area contributed by atoms with Crippen LogP contribution in [-0.2, 0) is 39.7 Å². The number of carbonyl (C=O) groups is 2. The summed E-state index contributed by atoms with van der Waals surface area (Å²) in [5, 5.41) is 6.56. The van der Waals surface area contributed by atoms with E-state index in [1.54, 1.807) is 0 Å². The standard InChI is InChI=1S/C26H30ClN3O4.C2H6/c1-6-20-21(14(2)28-30(20)26-12-16(26)13-26)22-19(27)10-9-18-17(8-7-11-34-15(3)31)24(25(32)33-5)29(4)23(18)22;1-2/h9-10,16H,6-8,11-13H2,1-5H3;1-2H3. The smallest absolute Gasteiger partial charge is 0.354 e. The first kappa shape index (κ1) is 26.3. The molecule has 2 aliphatic rings. The van der Waals surface area contributed by atoms with E-state index in [0.717, 1.165) is 45.6 Å². The van der Waals surface area contributed by atoms with Crippen molar-refractivity contribution in [2.75, 3.05) is 13.7 Å². The van der Waals surface area contributed by atoms with Crippen molar-refractivity contribution in [3.8, 4) is 11.1 Å². The molecule has 2 heterocycles. The fourth-order valence-electron chi connectivity index (χ4n) is 5.53. The molecular weight excluding hydrogens is 478 g/mol. The zero-order valence-corrected chi connectivity index (χ0v) is 23.1. The number of aryl methyl sites for hydroxylation is 3. The first-order valence-corrected chi connectivity index (χ1v) is 13.2. The molecular formula is C28H36ClN3O4. The van der Waals surface area contributed by atoms with E-state index in [9.17, 15) is 9.59 Å². The van der Waals surface area contributed by atoms with Gasteiger partial charge in [0.05, 0.1) is 35.5 Å². The molecule has 0 spiro atoms. The predicted molar refractivity (Wildman–Crippen MR) is 142 cm³/mol. The highest BCUT2D eigenvalue weighted by Gasteiger charge is 2.72. The summed E-state index contributed by atoms with van der Waals surface area (Å²) in [7, 11) is 3.27. The molecule has 36 heavy (non-hydrogen) atoms. The van der Waals surface area contributed by atoms with Gasteiger partial charge in [-0.3, -0.25) is 9.48 Å². The van der Waals surface area contributed by atoms with Crippen LogP contribution in [0.4, 0.5) is 0 Å². The zero-order valence-electron chi connectivity index (χ0n) is 22.3. The molecule has 5 rings (SSSR count). The summed E-state index contributed by atoms with van der Waals surface area (Å²) in [6, 6.07) is 3.87. The Labute approximate surface area is 217 Å². The van der Waals surface area contributed by atoms with Gasteiger partial charge < -0.3 is 14.0 Å². The van der Waals surface area contributed by atoms with Gasteiger partial charge in [0, 0.05) is 36.2 Å². The van der Waals surface area contributed by atoms with E-state index in [1.165, 1.54) is 32.6 Å². The summed E-state index contributed by atoms with van der Waals surface area (Å²) in [5.41, 5.74) is 6.62. The van der Waals surface area contributed by atoms with E-state index in [2.05, 4.69) is 11.6 Å². The highest BCUT2D eigenvalue weighted by atomic mass is 35.5. The number of benzene rings is 1. The molecule has 0 atom stereocenters. The van der Waals surface area contributed by atoms with Crippen molar-refractivity contribution in [1.82, 2.24) is 14.3 Å². The summed E-state index contributed by atoms with van der Waals surface area (Å²) < 4.78 is 14.4. The molecule has 0 N–H and O–H groups in total. The second-order valence-corrected chi connectivity index (χ2v) is 9.93. The molecule has 0 bridgehead atoms. The summed E-state index contributed by atoms with van der Waals surface area (Å²) in [5.74, 6) is 0.0536. The lowest BCUT2D eigenvalue weighted by atomic mass is 9.97. The number of carbonyl (C=O) groups excluding carboxylic acids is 2. The number of esters is 2. The lowest BCUT2D eigenvalue weighted by Crippen LogP contribution is -2.12. The van der Waals surface area contributed by atoms with Crippen LogP contribution in [0.3, 0.4) is 0 Å². The van der Waals surface area contributed by atoms with Crippen LogP contribution >= 0.6 is 11.6 Å². The Hall–Kier alpha value is -2.80. The number of nitrogens with zero attached hydrogens (tertiary/aromatic N) is 3. The van der Waals surface area contributed by atoms with Crippen LogP contribution in [0.5, 0.6) is 0 Å². The van der Waals surface area contributed by atoms with Gasteiger partial charge in [0.15, 0.2) is 0 Å². The number of methoxy groups -OCH3 is 1. The molecule has 2 saturated carbocycles. The Kier molecular flexibility index (Phi) is 7.24. The summed E-state index contributed by atoms with van der Waals surface area (Å²) in [4.78, 5) is 24.0. The average molecular weight is 514 g/mol. The largest absolute Gasteiger partial charge is 0.466 e. The third kappa shape index (κ3) is 4.11. The predicted octanol–water partition coefficient (Wildman–Crippen LogP) is 5.99. The van der Waals surface area contributed by atoms with Crippen molar-refractivity contribution in [3.05, 3.63) is 39.8 Å². The number of rotatable bonds is 8. The van der Waals surface area contributed by atoms with Crippen LogP contribution < -0.4 is 0 Å². The Morgan fingerprint density at radius 1 is 1.22 bits per heavy atom. The van der Waals surface area contributed by atoms with Gasteiger partial charge in [0.25, 0.3) is 0 Å². The molecule has 7 nitrogen and oxygen atoms in total. The van der Waals surface area contributed by atoms with Crippen molar-refractivity contribution in [2.24, 2.45) is 13.0 Å². The lowest BCUT2D eigenvalue weighted by Gasteiger charge is -2.13. The number of hydrogen-bond acceptors (Lipinski definition) is 5. The Bertz CT molecular complexity index is 1330. The Balaban J connectivity index is 0.00000148.